The molecular formula is C28H38N4O. The molecule has 33 heavy (non-hydrogen) atoms. The van der Waals surface area contributed by atoms with E-state index in [9.17, 15) is 4.79 Å². The Kier molecular flexibility index (Phi) is 7.81. The smallest absolute Gasteiger partial charge is 0.163 e. The lowest BCUT2D eigenvalue weighted by atomic mass is 9.93. The monoisotopic (exact) mass is 446 g/mol. The van der Waals surface area contributed by atoms with Crippen LogP contribution in [0.2, 0.25) is 0 Å². The summed E-state index contributed by atoms with van der Waals surface area (Å²) in [6.45, 7) is 13.4. The average molecular weight is 447 g/mol. The lowest BCUT2D eigenvalue weighted by molar-refractivity contribution is 0.0941. The molecule has 0 amide bonds. The summed E-state index contributed by atoms with van der Waals surface area (Å²) in [6, 6.07) is 12.9. The fraction of sp³-hybridized carbons (Fsp3) is 0.500. The summed E-state index contributed by atoms with van der Waals surface area (Å²) < 4.78 is 0. The third-order valence-corrected chi connectivity index (χ3v) is 7.25. The van der Waals surface area contributed by atoms with E-state index in [1.807, 2.05) is 12.1 Å². The van der Waals surface area contributed by atoms with Crippen LogP contribution in [0.1, 0.15) is 61.0 Å². The molecule has 1 saturated heterocycles. The van der Waals surface area contributed by atoms with Crippen LogP contribution in [0.3, 0.4) is 0 Å². The lowest BCUT2D eigenvalue weighted by Gasteiger charge is -2.34. The maximum atomic E-state index is 13.1. The Bertz CT molecular complexity index is 964. The lowest BCUT2D eigenvalue weighted by Crippen LogP contribution is -2.38. The van der Waals surface area contributed by atoms with Gasteiger partial charge < -0.3 is 10.2 Å². The second-order valence-electron chi connectivity index (χ2n) is 9.73. The number of ketones is 1. The van der Waals surface area contributed by atoms with E-state index < -0.39 is 0 Å². The molecule has 0 saturated carbocycles. The molecule has 1 fully saturated rings. The number of likely N-dealkylation sites (tertiary alicyclic amines) is 1. The first-order valence-electron chi connectivity index (χ1n) is 12.5. The standard InChI is InChI=1S/C28H38N4O/c1-4-22(19-31-14-10-23-7-5-6-8-25(23)20-31)17-27(33)24-9-13-29-28(18-24)30-26-11-15-32(16-12-26)21(2)3/h5-9,13,18,22,26H,2,4,10-12,14-17,19-20H2,1,3H3,(H,29,30). The summed E-state index contributed by atoms with van der Waals surface area (Å²) in [7, 11) is 0. The Morgan fingerprint density at radius 3 is 2.67 bits per heavy atom. The number of allylic oxidation sites excluding steroid dienone is 1. The van der Waals surface area contributed by atoms with Crippen LogP contribution in [-0.2, 0) is 13.0 Å². The van der Waals surface area contributed by atoms with Crippen LogP contribution in [0.4, 0.5) is 5.82 Å². The number of nitrogens with one attached hydrogen (secondary N) is 1. The zero-order valence-electron chi connectivity index (χ0n) is 20.2. The van der Waals surface area contributed by atoms with Gasteiger partial charge in [-0.2, -0.15) is 0 Å². The van der Waals surface area contributed by atoms with Crippen LogP contribution < -0.4 is 5.32 Å². The number of carbonyl (C=O) groups is 1. The number of pyridine rings is 1. The molecule has 0 radical (unpaired) electrons. The van der Waals surface area contributed by atoms with Gasteiger partial charge in [-0.1, -0.05) is 44.2 Å². The number of fused-ring (bicyclic) bond motifs is 1. The number of carbonyl (C=O) groups excluding carboxylic acids is 1. The topological polar surface area (TPSA) is 48.5 Å². The third-order valence-electron chi connectivity index (χ3n) is 7.25. The number of hydrogen-bond donors (Lipinski definition) is 1. The first-order valence-corrected chi connectivity index (χ1v) is 12.5. The summed E-state index contributed by atoms with van der Waals surface area (Å²) in [5.74, 6) is 1.41. The summed E-state index contributed by atoms with van der Waals surface area (Å²) in [4.78, 5) is 22.5. The SMILES string of the molecule is C=C(C)N1CCC(Nc2cc(C(=O)CC(CC)CN3CCc4ccccc4C3)ccn2)CC1. The molecule has 1 atom stereocenters. The minimum absolute atomic E-state index is 0.224. The van der Waals surface area contributed by atoms with Gasteiger partial charge in [0.05, 0.1) is 0 Å². The molecule has 5 nitrogen and oxygen atoms in total. The largest absolute Gasteiger partial charge is 0.375 e. The van der Waals surface area contributed by atoms with Crippen molar-refractivity contribution in [3.8, 4) is 0 Å². The van der Waals surface area contributed by atoms with E-state index in [0.717, 1.165) is 75.5 Å². The number of nitrogens with zero attached hydrogens (tertiary/aromatic N) is 3. The Labute approximate surface area is 198 Å². The third kappa shape index (κ3) is 6.23. The van der Waals surface area contributed by atoms with E-state index in [2.05, 4.69) is 64.8 Å². The van der Waals surface area contributed by atoms with Crippen LogP contribution in [0.5, 0.6) is 0 Å². The van der Waals surface area contributed by atoms with Gasteiger partial charge in [-0.05, 0) is 55.4 Å². The van der Waals surface area contributed by atoms with E-state index in [1.165, 1.54) is 11.1 Å². The number of hydrogen-bond acceptors (Lipinski definition) is 5. The van der Waals surface area contributed by atoms with E-state index in [1.54, 1.807) is 6.20 Å². The van der Waals surface area contributed by atoms with Crippen molar-refractivity contribution in [2.24, 2.45) is 5.92 Å². The fourth-order valence-electron chi connectivity index (χ4n) is 5.09. The molecule has 1 N–H and O–H groups in total. The predicted octanol–water partition coefficient (Wildman–Crippen LogP) is 5.15. The van der Waals surface area contributed by atoms with Gasteiger partial charge >= 0.3 is 0 Å². The highest BCUT2D eigenvalue weighted by Gasteiger charge is 2.22. The van der Waals surface area contributed by atoms with Gasteiger partial charge in [0.25, 0.3) is 0 Å². The Morgan fingerprint density at radius 2 is 1.94 bits per heavy atom. The van der Waals surface area contributed by atoms with E-state index in [4.69, 9.17) is 0 Å². The summed E-state index contributed by atoms with van der Waals surface area (Å²) in [5.41, 5.74) is 4.82. The minimum atomic E-state index is 0.224. The quantitative estimate of drug-likeness (QED) is 0.540. The predicted molar refractivity (Wildman–Crippen MR) is 135 cm³/mol. The van der Waals surface area contributed by atoms with Crippen molar-refractivity contribution in [3.63, 3.8) is 0 Å². The van der Waals surface area contributed by atoms with Crippen LogP contribution in [0.25, 0.3) is 0 Å². The van der Waals surface area contributed by atoms with Crippen molar-refractivity contribution in [3.05, 3.63) is 71.6 Å². The van der Waals surface area contributed by atoms with Gasteiger partial charge in [-0.15, -0.1) is 0 Å². The van der Waals surface area contributed by atoms with Gasteiger partial charge in [-0.25, -0.2) is 4.98 Å². The summed E-state index contributed by atoms with van der Waals surface area (Å²) in [6.07, 6.45) is 6.59. The molecule has 1 aromatic carbocycles. The average Bonchev–Trinajstić information content (AvgIpc) is 2.84. The molecule has 0 aliphatic carbocycles. The van der Waals surface area contributed by atoms with Crippen molar-refractivity contribution in [2.75, 3.05) is 31.5 Å². The molecule has 2 aromatic rings. The van der Waals surface area contributed by atoms with Gasteiger partial charge in [0.2, 0.25) is 0 Å². The molecule has 176 valence electrons. The zero-order chi connectivity index (χ0) is 23.2. The van der Waals surface area contributed by atoms with Crippen molar-refractivity contribution < 1.29 is 4.79 Å². The second-order valence-corrected chi connectivity index (χ2v) is 9.73. The van der Waals surface area contributed by atoms with Gasteiger partial charge in [-0.3, -0.25) is 9.69 Å². The molecular weight excluding hydrogens is 408 g/mol. The van der Waals surface area contributed by atoms with Crippen LogP contribution >= 0.6 is 0 Å². The van der Waals surface area contributed by atoms with Crippen molar-refractivity contribution >= 4 is 11.6 Å². The first-order chi connectivity index (χ1) is 16.0. The maximum absolute atomic E-state index is 13.1. The van der Waals surface area contributed by atoms with Gasteiger partial charge in [0, 0.05) is 62.6 Å². The Hall–Kier alpha value is -2.66. The number of anilines is 1. The molecule has 4 rings (SSSR count). The van der Waals surface area contributed by atoms with E-state index >= 15 is 0 Å². The highest BCUT2D eigenvalue weighted by atomic mass is 16.1. The van der Waals surface area contributed by atoms with Gasteiger partial charge in [0.1, 0.15) is 5.82 Å². The van der Waals surface area contributed by atoms with Crippen molar-refractivity contribution in [2.45, 2.75) is 58.5 Å². The fourth-order valence-corrected chi connectivity index (χ4v) is 5.09. The highest BCUT2D eigenvalue weighted by Crippen LogP contribution is 2.23. The number of benzene rings is 1. The highest BCUT2D eigenvalue weighted by molar-refractivity contribution is 5.96. The summed E-state index contributed by atoms with van der Waals surface area (Å²) in [5, 5.41) is 3.55. The second kappa shape index (κ2) is 11.0. The molecule has 0 bridgehead atoms. The van der Waals surface area contributed by atoms with Crippen molar-refractivity contribution in [1.29, 1.82) is 0 Å². The summed E-state index contributed by atoms with van der Waals surface area (Å²) >= 11 is 0. The molecule has 1 aromatic heterocycles. The minimum Gasteiger partial charge on any atom is -0.375 e. The molecule has 0 spiro atoms. The van der Waals surface area contributed by atoms with Crippen LogP contribution in [0.15, 0.2) is 54.9 Å². The van der Waals surface area contributed by atoms with Crippen LogP contribution in [-0.4, -0.2) is 52.8 Å². The molecule has 3 heterocycles. The Morgan fingerprint density at radius 1 is 1.18 bits per heavy atom. The number of piperidine rings is 1. The number of aromatic nitrogens is 1. The number of Topliss-reactive ketones (excluding diaryl/α,β-unsaturated/α-hetero) is 1. The van der Waals surface area contributed by atoms with Gasteiger partial charge in [0.15, 0.2) is 5.78 Å². The normalized spacial score (nSPS) is 17.9. The molecule has 5 heteroatoms. The van der Waals surface area contributed by atoms with Crippen molar-refractivity contribution in [1.82, 2.24) is 14.8 Å². The number of rotatable bonds is 9. The first kappa shape index (κ1) is 23.5. The van der Waals surface area contributed by atoms with E-state index in [-0.39, 0.29) is 5.78 Å². The molecule has 1 unspecified atom stereocenters. The zero-order valence-corrected chi connectivity index (χ0v) is 20.2. The maximum Gasteiger partial charge on any atom is 0.163 e. The Balaban J connectivity index is 1.31. The van der Waals surface area contributed by atoms with E-state index in [0.29, 0.717) is 18.4 Å². The van der Waals surface area contributed by atoms with Crippen LogP contribution in [0, 0.1) is 5.92 Å². The molecule has 2 aliphatic rings. The molecule has 2 aliphatic heterocycles.